The predicted octanol–water partition coefficient (Wildman–Crippen LogP) is 12.3. The quantitative estimate of drug-likeness (QED) is 0.164. The minimum Gasteiger partial charge on any atom is -0.0626 e. The van der Waals surface area contributed by atoms with E-state index in [-0.39, 0.29) is 0 Å². The topological polar surface area (TPSA) is 0 Å². The maximum atomic E-state index is 2.52. The van der Waals surface area contributed by atoms with E-state index in [4.69, 9.17) is 0 Å². The highest BCUT2D eigenvalue weighted by atomic mass is 28.2. The molecule has 4 aromatic rings. The Morgan fingerprint density at radius 1 is 0.535 bits per heavy atom. The maximum Gasteiger partial charge on any atom is 0.0397 e. The van der Waals surface area contributed by atoms with Crippen molar-refractivity contribution in [1.29, 1.82) is 0 Å². The Morgan fingerprint density at radius 2 is 0.930 bits per heavy atom. The molecule has 6 rings (SSSR count). The zero-order valence-electron chi connectivity index (χ0n) is 26.9. The van der Waals surface area contributed by atoms with Gasteiger partial charge in [-0.1, -0.05) is 162 Å². The molecule has 2 unspecified atom stereocenters. The molecule has 0 N–H and O–H groups in total. The van der Waals surface area contributed by atoms with E-state index in [1.54, 1.807) is 22.3 Å². The van der Waals surface area contributed by atoms with Crippen molar-refractivity contribution in [3.8, 4) is 22.3 Å². The van der Waals surface area contributed by atoms with Crippen LogP contribution in [0.5, 0.6) is 0 Å². The van der Waals surface area contributed by atoms with Crippen LogP contribution in [0.2, 0.25) is 12.1 Å². The van der Waals surface area contributed by atoms with Crippen LogP contribution in [0.4, 0.5) is 0 Å². The summed E-state index contributed by atoms with van der Waals surface area (Å²) in [6, 6.07) is 35.0. The van der Waals surface area contributed by atoms with Gasteiger partial charge in [-0.25, -0.2) is 0 Å². The Labute approximate surface area is 262 Å². The van der Waals surface area contributed by atoms with Crippen molar-refractivity contribution < 1.29 is 0 Å². The summed E-state index contributed by atoms with van der Waals surface area (Å²) in [6.07, 6.45) is 7.30. The number of allylic oxidation sites excluding steroid dienone is 2. The average Bonchev–Trinajstić information content (AvgIpc) is 3.59. The highest BCUT2D eigenvalue weighted by molar-refractivity contribution is 6.36. The van der Waals surface area contributed by atoms with Crippen LogP contribution in [0, 0.1) is 0 Å². The predicted molar refractivity (Wildman–Crippen MR) is 189 cm³/mol. The smallest absolute Gasteiger partial charge is 0.0397 e. The zero-order valence-corrected chi connectivity index (χ0v) is 27.9. The molecule has 0 saturated carbocycles. The van der Waals surface area contributed by atoms with Crippen molar-refractivity contribution in [3.63, 3.8) is 0 Å². The first-order valence-electron chi connectivity index (χ1n) is 16.5. The second-order valence-electron chi connectivity index (χ2n) is 13.1. The van der Waals surface area contributed by atoms with Crippen molar-refractivity contribution >= 4 is 21.7 Å². The van der Waals surface area contributed by atoms with E-state index in [1.165, 1.54) is 56.6 Å². The highest BCUT2D eigenvalue weighted by Crippen LogP contribution is 2.47. The molecule has 0 fully saturated rings. The van der Waals surface area contributed by atoms with Gasteiger partial charge in [0.1, 0.15) is 0 Å². The van der Waals surface area contributed by atoms with Crippen molar-refractivity contribution in [2.75, 3.05) is 0 Å². The first-order valence-corrected chi connectivity index (χ1v) is 17.9. The molecule has 0 saturated heterocycles. The van der Waals surface area contributed by atoms with Crippen LogP contribution in [0.3, 0.4) is 0 Å². The van der Waals surface area contributed by atoms with Gasteiger partial charge in [0, 0.05) is 21.4 Å². The van der Waals surface area contributed by atoms with Crippen molar-refractivity contribution in [1.82, 2.24) is 0 Å². The standard InChI is InChI=1S/C42H46Si/c1-7-29-23-39-35(33-19-15-31(16-20-33)27(3)4)11-9-13-37(39)41(29)25-43-26-42-30(8-2)24-40-36(12-10-14-38(40)42)34-21-17-32(18-22-34)28(5)6/h9-24,27-28,41-42H,7-8,25-26H2,1-6H3. The number of fused-ring (bicyclic) bond motifs is 2. The third kappa shape index (κ3) is 5.77. The van der Waals surface area contributed by atoms with Crippen LogP contribution in [-0.4, -0.2) is 9.52 Å². The molecule has 0 nitrogen and oxygen atoms in total. The first-order chi connectivity index (χ1) is 20.9. The molecule has 2 aliphatic carbocycles. The third-order valence-corrected chi connectivity index (χ3v) is 11.3. The molecule has 1 heteroatoms. The van der Waals surface area contributed by atoms with Crippen LogP contribution in [-0.2, 0) is 0 Å². The summed E-state index contributed by atoms with van der Waals surface area (Å²) in [7, 11) is 0.938. The van der Waals surface area contributed by atoms with Gasteiger partial charge in [0.05, 0.1) is 0 Å². The minimum atomic E-state index is 0.550. The molecule has 4 aromatic carbocycles. The maximum absolute atomic E-state index is 2.52. The normalized spacial score (nSPS) is 17.3. The fourth-order valence-electron chi connectivity index (χ4n) is 7.22. The second kappa shape index (κ2) is 12.7. The van der Waals surface area contributed by atoms with Crippen LogP contribution in [0.1, 0.15) is 111 Å². The zero-order chi connectivity index (χ0) is 30.1. The summed E-state index contributed by atoms with van der Waals surface area (Å²) >= 11 is 0. The molecule has 2 atom stereocenters. The minimum absolute atomic E-state index is 0.550. The average molecular weight is 579 g/mol. The van der Waals surface area contributed by atoms with Gasteiger partial charge in [-0.15, -0.1) is 0 Å². The molecule has 0 spiro atoms. The van der Waals surface area contributed by atoms with E-state index >= 15 is 0 Å². The summed E-state index contributed by atoms with van der Waals surface area (Å²) in [5.41, 5.74) is 17.5. The Balaban J connectivity index is 1.21. The lowest BCUT2D eigenvalue weighted by atomic mass is 9.91. The Kier molecular flexibility index (Phi) is 8.73. The van der Waals surface area contributed by atoms with Gasteiger partial charge in [0.25, 0.3) is 0 Å². The molecule has 0 amide bonds. The lowest BCUT2D eigenvalue weighted by Gasteiger charge is -2.20. The number of hydrogen-bond acceptors (Lipinski definition) is 0. The summed E-state index contributed by atoms with van der Waals surface area (Å²) in [4.78, 5) is 0. The molecule has 0 heterocycles. The molecule has 2 radical (unpaired) electrons. The van der Waals surface area contributed by atoms with Crippen LogP contribution >= 0.6 is 0 Å². The number of rotatable bonds is 10. The van der Waals surface area contributed by atoms with E-state index < -0.39 is 0 Å². The van der Waals surface area contributed by atoms with Gasteiger partial charge in [0.15, 0.2) is 0 Å². The van der Waals surface area contributed by atoms with Gasteiger partial charge < -0.3 is 0 Å². The summed E-state index contributed by atoms with van der Waals surface area (Å²) in [5.74, 6) is 2.22. The Hall–Kier alpha value is -3.42. The summed E-state index contributed by atoms with van der Waals surface area (Å²) in [5, 5.41) is 0. The molecule has 2 aliphatic rings. The monoisotopic (exact) mass is 578 g/mol. The largest absolute Gasteiger partial charge is 0.0626 e. The van der Waals surface area contributed by atoms with Gasteiger partial charge in [-0.05, 0) is 80.3 Å². The lowest BCUT2D eigenvalue weighted by molar-refractivity contribution is 0.830. The van der Waals surface area contributed by atoms with Crippen molar-refractivity contribution in [3.05, 3.63) is 129 Å². The van der Waals surface area contributed by atoms with E-state index in [2.05, 4.69) is 139 Å². The fourth-order valence-corrected chi connectivity index (χ4v) is 8.93. The summed E-state index contributed by atoms with van der Waals surface area (Å²) in [6.45, 7) is 13.8. The Morgan fingerprint density at radius 3 is 1.28 bits per heavy atom. The Bertz CT molecular complexity index is 1520. The van der Waals surface area contributed by atoms with Gasteiger partial charge in [-0.2, -0.15) is 0 Å². The molecular formula is C42H46Si. The third-order valence-electron chi connectivity index (χ3n) is 9.88. The SMILES string of the molecule is CCC1=Cc2c(-c3ccc(C(C)C)cc3)cccc2C1C[Si]CC1C(CC)=Cc2c(-c3ccc(C(C)C)cc3)cccc21. The van der Waals surface area contributed by atoms with E-state index in [0.29, 0.717) is 23.7 Å². The van der Waals surface area contributed by atoms with Crippen LogP contribution in [0.25, 0.3) is 34.4 Å². The molecule has 218 valence electrons. The molecule has 0 aromatic heterocycles. The van der Waals surface area contributed by atoms with Crippen molar-refractivity contribution in [2.24, 2.45) is 0 Å². The highest BCUT2D eigenvalue weighted by Gasteiger charge is 2.29. The molecule has 0 aliphatic heterocycles. The lowest BCUT2D eigenvalue weighted by Crippen LogP contribution is -2.08. The fraction of sp³-hybridized carbons (Fsp3) is 0.333. The molecular weight excluding hydrogens is 533 g/mol. The molecule has 0 bridgehead atoms. The van der Waals surface area contributed by atoms with E-state index in [9.17, 15) is 0 Å². The van der Waals surface area contributed by atoms with Gasteiger partial charge in [0.2, 0.25) is 0 Å². The first kappa shape index (κ1) is 29.6. The van der Waals surface area contributed by atoms with E-state index in [1.807, 2.05) is 0 Å². The van der Waals surface area contributed by atoms with Gasteiger partial charge in [-0.3, -0.25) is 0 Å². The number of benzene rings is 4. The number of hydrogen-bond donors (Lipinski definition) is 0. The molecule has 43 heavy (non-hydrogen) atoms. The van der Waals surface area contributed by atoms with Crippen molar-refractivity contribution in [2.45, 2.75) is 90.1 Å². The second-order valence-corrected chi connectivity index (χ2v) is 14.4. The van der Waals surface area contributed by atoms with Crippen LogP contribution in [0.15, 0.2) is 96.1 Å². The summed E-state index contributed by atoms with van der Waals surface area (Å²) < 4.78 is 0. The van der Waals surface area contributed by atoms with Crippen LogP contribution < -0.4 is 0 Å². The van der Waals surface area contributed by atoms with E-state index in [0.717, 1.165) is 22.4 Å². The van der Waals surface area contributed by atoms with Gasteiger partial charge >= 0.3 is 0 Å².